The first kappa shape index (κ1) is 14.0. The Kier molecular flexibility index (Phi) is 3.64. The summed E-state index contributed by atoms with van der Waals surface area (Å²) in [6, 6.07) is 5.50. The highest BCUT2D eigenvalue weighted by atomic mass is 79.9. The van der Waals surface area contributed by atoms with Crippen molar-refractivity contribution in [1.82, 2.24) is 15.0 Å². The van der Waals surface area contributed by atoms with Crippen molar-refractivity contribution >= 4 is 31.6 Å². The molecule has 0 radical (unpaired) electrons. The maximum atomic E-state index is 12.3. The van der Waals surface area contributed by atoms with Crippen LogP contribution in [0.25, 0.3) is 0 Å². The summed E-state index contributed by atoms with van der Waals surface area (Å²) in [6.45, 7) is 3.82. The monoisotopic (exact) mass is 344 g/mol. The van der Waals surface area contributed by atoms with Crippen LogP contribution in [0.3, 0.4) is 0 Å². The molecule has 0 aliphatic rings. The van der Waals surface area contributed by atoms with Crippen LogP contribution >= 0.6 is 15.9 Å². The second-order valence-electron chi connectivity index (χ2n) is 4.29. The molecule has 2 aromatic rings. The standard InChI is InChI=1S/C11H13BrN4O2S/c1-7-4-8(2)6-9(5-7)14-19(17,18)11-10(12)13-15-16(11)3/h4-6,14H,1-3H3. The lowest BCUT2D eigenvalue weighted by Crippen LogP contribution is -2.17. The summed E-state index contributed by atoms with van der Waals surface area (Å²) < 4.78 is 28.5. The van der Waals surface area contributed by atoms with E-state index in [0.29, 0.717) is 5.69 Å². The largest absolute Gasteiger partial charge is 0.281 e. The van der Waals surface area contributed by atoms with Crippen LogP contribution in [0.5, 0.6) is 0 Å². The first-order valence-electron chi connectivity index (χ1n) is 5.46. The Labute approximate surface area is 120 Å². The van der Waals surface area contributed by atoms with Crippen LogP contribution in [0.15, 0.2) is 27.8 Å². The van der Waals surface area contributed by atoms with Crippen molar-refractivity contribution in [3.8, 4) is 0 Å². The van der Waals surface area contributed by atoms with Gasteiger partial charge in [-0.25, -0.2) is 4.68 Å². The van der Waals surface area contributed by atoms with Gasteiger partial charge in [-0.3, -0.25) is 4.72 Å². The minimum Gasteiger partial charge on any atom is -0.278 e. The molecule has 1 N–H and O–H groups in total. The third-order valence-electron chi connectivity index (χ3n) is 2.47. The van der Waals surface area contributed by atoms with Crippen LogP contribution in [-0.2, 0) is 17.1 Å². The van der Waals surface area contributed by atoms with E-state index in [1.54, 1.807) is 12.1 Å². The molecule has 1 aromatic carbocycles. The van der Waals surface area contributed by atoms with E-state index in [1.165, 1.54) is 11.7 Å². The number of hydrogen-bond acceptors (Lipinski definition) is 4. The van der Waals surface area contributed by atoms with Crippen molar-refractivity contribution in [3.05, 3.63) is 33.9 Å². The number of nitrogens with one attached hydrogen (secondary N) is 1. The molecule has 0 atom stereocenters. The molecule has 0 bridgehead atoms. The third kappa shape index (κ3) is 2.95. The summed E-state index contributed by atoms with van der Waals surface area (Å²) >= 11 is 3.08. The zero-order valence-corrected chi connectivity index (χ0v) is 13.1. The number of aromatic nitrogens is 3. The molecular formula is C11H13BrN4O2S. The Morgan fingerprint density at radius 1 is 1.21 bits per heavy atom. The molecule has 102 valence electrons. The fraction of sp³-hybridized carbons (Fsp3) is 0.273. The van der Waals surface area contributed by atoms with Gasteiger partial charge < -0.3 is 0 Å². The summed E-state index contributed by atoms with van der Waals surface area (Å²) in [7, 11) is -2.20. The molecule has 0 spiro atoms. The van der Waals surface area contributed by atoms with Gasteiger partial charge in [-0.15, -0.1) is 5.10 Å². The van der Waals surface area contributed by atoms with Crippen LogP contribution in [0.1, 0.15) is 11.1 Å². The molecule has 6 nitrogen and oxygen atoms in total. The smallest absolute Gasteiger partial charge is 0.278 e. The van der Waals surface area contributed by atoms with E-state index < -0.39 is 10.0 Å². The summed E-state index contributed by atoms with van der Waals surface area (Å²) in [5.41, 5.74) is 2.49. The fourth-order valence-corrected chi connectivity index (χ4v) is 3.98. The molecular weight excluding hydrogens is 332 g/mol. The summed E-state index contributed by atoms with van der Waals surface area (Å²) in [6.07, 6.45) is 0. The van der Waals surface area contributed by atoms with Crippen LogP contribution < -0.4 is 4.72 Å². The highest BCUT2D eigenvalue weighted by Crippen LogP contribution is 2.22. The number of anilines is 1. The lowest BCUT2D eigenvalue weighted by Gasteiger charge is -2.09. The normalized spacial score (nSPS) is 11.6. The first-order valence-corrected chi connectivity index (χ1v) is 7.73. The van der Waals surface area contributed by atoms with Gasteiger partial charge in [0.05, 0.1) is 0 Å². The molecule has 8 heteroatoms. The highest BCUT2D eigenvalue weighted by molar-refractivity contribution is 9.10. The topological polar surface area (TPSA) is 76.9 Å². The third-order valence-corrected chi connectivity index (χ3v) is 4.73. The molecule has 19 heavy (non-hydrogen) atoms. The Bertz CT molecular complexity index is 685. The summed E-state index contributed by atoms with van der Waals surface area (Å²) in [5.74, 6) is 0. The van der Waals surface area contributed by atoms with E-state index in [-0.39, 0.29) is 9.63 Å². The number of aryl methyl sites for hydroxylation is 3. The van der Waals surface area contributed by atoms with Crippen molar-refractivity contribution in [2.24, 2.45) is 7.05 Å². The van der Waals surface area contributed by atoms with Crippen molar-refractivity contribution in [2.75, 3.05) is 4.72 Å². The lowest BCUT2D eigenvalue weighted by molar-refractivity contribution is 0.578. The first-order chi connectivity index (χ1) is 8.79. The molecule has 0 fully saturated rings. The zero-order valence-electron chi connectivity index (χ0n) is 10.7. The zero-order chi connectivity index (χ0) is 14.2. The van der Waals surface area contributed by atoms with Crippen molar-refractivity contribution in [1.29, 1.82) is 0 Å². The Morgan fingerprint density at radius 2 is 1.79 bits per heavy atom. The van der Waals surface area contributed by atoms with Gasteiger partial charge in [-0.2, -0.15) is 8.42 Å². The maximum Gasteiger partial charge on any atom is 0.281 e. The lowest BCUT2D eigenvalue weighted by atomic mass is 10.1. The quantitative estimate of drug-likeness (QED) is 0.923. The van der Waals surface area contributed by atoms with Gasteiger partial charge in [-0.05, 0) is 53.0 Å². The summed E-state index contributed by atoms with van der Waals surface area (Å²) in [4.78, 5) is 0. The molecule has 0 saturated carbocycles. The Balaban J connectivity index is 2.42. The van der Waals surface area contributed by atoms with Crippen LogP contribution in [0.2, 0.25) is 0 Å². The SMILES string of the molecule is Cc1cc(C)cc(NS(=O)(=O)c2c(Br)nnn2C)c1. The fourth-order valence-electron chi connectivity index (χ4n) is 1.85. The molecule has 0 amide bonds. The molecule has 1 aromatic heterocycles. The molecule has 0 unspecified atom stereocenters. The maximum absolute atomic E-state index is 12.3. The number of halogens is 1. The van der Waals surface area contributed by atoms with Crippen molar-refractivity contribution < 1.29 is 8.42 Å². The van der Waals surface area contributed by atoms with Crippen LogP contribution in [0.4, 0.5) is 5.69 Å². The number of sulfonamides is 1. The van der Waals surface area contributed by atoms with Gasteiger partial charge in [0.15, 0.2) is 4.60 Å². The van der Waals surface area contributed by atoms with Crippen molar-refractivity contribution in [3.63, 3.8) is 0 Å². The molecule has 0 saturated heterocycles. The van der Waals surface area contributed by atoms with Gasteiger partial charge in [0, 0.05) is 12.7 Å². The second kappa shape index (κ2) is 4.93. The van der Waals surface area contributed by atoms with E-state index in [2.05, 4.69) is 31.0 Å². The predicted molar refractivity (Wildman–Crippen MR) is 75.4 cm³/mol. The van der Waals surface area contributed by atoms with Gasteiger partial charge >= 0.3 is 0 Å². The van der Waals surface area contributed by atoms with Gasteiger partial charge in [-0.1, -0.05) is 11.3 Å². The van der Waals surface area contributed by atoms with Crippen LogP contribution in [-0.4, -0.2) is 23.4 Å². The number of hydrogen-bond donors (Lipinski definition) is 1. The Hall–Kier alpha value is -1.41. The van der Waals surface area contributed by atoms with Gasteiger partial charge in [0.1, 0.15) is 0 Å². The minimum atomic E-state index is -3.72. The average Bonchev–Trinajstić information content (AvgIpc) is 2.56. The Morgan fingerprint density at radius 3 is 2.26 bits per heavy atom. The van der Waals surface area contributed by atoms with E-state index in [9.17, 15) is 8.42 Å². The van der Waals surface area contributed by atoms with E-state index in [1.807, 2.05) is 19.9 Å². The van der Waals surface area contributed by atoms with Crippen LogP contribution in [0, 0.1) is 13.8 Å². The molecule has 2 rings (SSSR count). The van der Waals surface area contributed by atoms with E-state index >= 15 is 0 Å². The highest BCUT2D eigenvalue weighted by Gasteiger charge is 2.24. The number of rotatable bonds is 3. The second-order valence-corrected chi connectivity index (χ2v) is 6.64. The van der Waals surface area contributed by atoms with E-state index in [4.69, 9.17) is 0 Å². The van der Waals surface area contributed by atoms with Gasteiger partial charge in [0.25, 0.3) is 10.0 Å². The minimum absolute atomic E-state index is 0.00772. The number of nitrogens with zero attached hydrogens (tertiary/aromatic N) is 3. The van der Waals surface area contributed by atoms with Crippen molar-refractivity contribution in [2.45, 2.75) is 18.9 Å². The number of benzene rings is 1. The van der Waals surface area contributed by atoms with E-state index in [0.717, 1.165) is 11.1 Å². The summed E-state index contributed by atoms with van der Waals surface area (Å²) in [5, 5.41) is 7.32. The van der Waals surface area contributed by atoms with Gasteiger partial charge in [0.2, 0.25) is 5.03 Å². The average molecular weight is 345 g/mol. The molecule has 0 aliphatic heterocycles. The molecule has 0 aliphatic carbocycles. The predicted octanol–water partition coefficient (Wildman–Crippen LogP) is 2.00. The molecule has 1 heterocycles.